The SMILES string of the molecule is NCCCCC(N)C(=O)NC(CS)C(=O)NC(CCCCN)C(=O)NC(CS)C(=O)O. The lowest BCUT2D eigenvalue weighted by Gasteiger charge is -2.24. The summed E-state index contributed by atoms with van der Waals surface area (Å²) < 4.78 is 0. The molecule has 0 saturated heterocycles. The van der Waals surface area contributed by atoms with E-state index in [-0.39, 0.29) is 17.9 Å². The van der Waals surface area contributed by atoms with Gasteiger partial charge in [-0.05, 0) is 45.2 Å². The van der Waals surface area contributed by atoms with Gasteiger partial charge >= 0.3 is 5.97 Å². The van der Waals surface area contributed by atoms with Crippen molar-refractivity contribution >= 4 is 48.9 Å². The molecule has 3 amide bonds. The van der Waals surface area contributed by atoms with E-state index in [1.165, 1.54) is 0 Å². The van der Waals surface area contributed by atoms with Gasteiger partial charge in [0, 0.05) is 11.5 Å². The lowest BCUT2D eigenvalue weighted by atomic mass is 10.1. The van der Waals surface area contributed by atoms with Gasteiger partial charge in [0.25, 0.3) is 0 Å². The van der Waals surface area contributed by atoms with E-state index in [0.29, 0.717) is 38.8 Å². The van der Waals surface area contributed by atoms with Gasteiger partial charge in [-0.1, -0.05) is 6.42 Å². The van der Waals surface area contributed by atoms with Crippen LogP contribution in [0.5, 0.6) is 0 Å². The van der Waals surface area contributed by atoms with Crippen LogP contribution in [0.1, 0.15) is 38.5 Å². The summed E-state index contributed by atoms with van der Waals surface area (Å²) in [5, 5.41) is 16.6. The third-order valence-corrected chi connectivity index (χ3v) is 5.23. The number of unbranched alkanes of at least 4 members (excludes halogenated alkanes) is 2. The van der Waals surface area contributed by atoms with E-state index in [1.807, 2.05) is 0 Å². The van der Waals surface area contributed by atoms with Gasteiger partial charge in [0.1, 0.15) is 18.1 Å². The Morgan fingerprint density at radius 2 is 1.16 bits per heavy atom. The molecule has 10 N–H and O–H groups in total. The molecule has 0 aliphatic rings. The van der Waals surface area contributed by atoms with Gasteiger partial charge in [-0.15, -0.1) is 0 Å². The van der Waals surface area contributed by atoms with E-state index >= 15 is 0 Å². The molecule has 0 saturated carbocycles. The van der Waals surface area contributed by atoms with Crippen LogP contribution in [0, 0.1) is 0 Å². The predicted molar refractivity (Wildman–Crippen MR) is 125 cm³/mol. The molecule has 0 aromatic carbocycles. The Balaban J connectivity index is 5.06. The zero-order valence-electron chi connectivity index (χ0n) is 17.6. The first kappa shape index (κ1) is 29.5. The third kappa shape index (κ3) is 12.2. The molecule has 4 atom stereocenters. The highest BCUT2D eigenvalue weighted by atomic mass is 32.1. The number of aliphatic carboxylic acids is 1. The number of nitrogens with two attached hydrogens (primary N) is 3. The molecular weight excluding hydrogens is 444 g/mol. The van der Waals surface area contributed by atoms with Crippen molar-refractivity contribution in [3.63, 3.8) is 0 Å². The summed E-state index contributed by atoms with van der Waals surface area (Å²) in [6.45, 7) is 0.910. The average molecular weight is 481 g/mol. The van der Waals surface area contributed by atoms with Crippen molar-refractivity contribution in [3.05, 3.63) is 0 Å². The molecule has 31 heavy (non-hydrogen) atoms. The van der Waals surface area contributed by atoms with Crippen LogP contribution in [0.15, 0.2) is 0 Å². The first-order valence-electron chi connectivity index (χ1n) is 10.2. The summed E-state index contributed by atoms with van der Waals surface area (Å²) in [4.78, 5) is 48.6. The summed E-state index contributed by atoms with van der Waals surface area (Å²) in [5.74, 6) is -3.14. The molecule has 0 spiro atoms. The van der Waals surface area contributed by atoms with Gasteiger partial charge in [0.05, 0.1) is 6.04 Å². The topological polar surface area (TPSA) is 203 Å². The number of hydrogen-bond acceptors (Lipinski definition) is 9. The van der Waals surface area contributed by atoms with Crippen LogP contribution in [-0.4, -0.2) is 77.6 Å². The van der Waals surface area contributed by atoms with Crippen molar-refractivity contribution in [2.75, 3.05) is 24.6 Å². The number of rotatable bonds is 17. The van der Waals surface area contributed by atoms with Crippen LogP contribution >= 0.6 is 25.3 Å². The molecule has 0 radical (unpaired) electrons. The Labute approximate surface area is 193 Å². The molecule has 0 aliphatic heterocycles. The average Bonchev–Trinajstić information content (AvgIpc) is 2.74. The molecule has 13 heteroatoms. The minimum absolute atomic E-state index is 0.0153. The molecular formula is C18H36N6O5S2. The van der Waals surface area contributed by atoms with Gasteiger partial charge in [-0.25, -0.2) is 4.79 Å². The van der Waals surface area contributed by atoms with Crippen molar-refractivity contribution in [2.24, 2.45) is 17.2 Å². The van der Waals surface area contributed by atoms with Gasteiger partial charge in [-0.3, -0.25) is 14.4 Å². The predicted octanol–water partition coefficient (Wildman–Crippen LogP) is -2.03. The maximum Gasteiger partial charge on any atom is 0.327 e. The lowest BCUT2D eigenvalue weighted by Crippen LogP contribution is -2.57. The molecule has 0 aromatic heterocycles. The molecule has 0 aliphatic carbocycles. The molecule has 0 aromatic rings. The molecule has 4 unspecified atom stereocenters. The largest absolute Gasteiger partial charge is 0.480 e. The molecule has 180 valence electrons. The maximum absolute atomic E-state index is 12.7. The van der Waals surface area contributed by atoms with Crippen molar-refractivity contribution in [1.82, 2.24) is 16.0 Å². The minimum Gasteiger partial charge on any atom is -0.480 e. The molecule has 0 fully saturated rings. The number of hydrogen-bond donors (Lipinski definition) is 9. The monoisotopic (exact) mass is 480 g/mol. The molecule has 0 bridgehead atoms. The van der Waals surface area contributed by atoms with E-state index in [9.17, 15) is 19.2 Å². The van der Waals surface area contributed by atoms with Gasteiger partial charge in [0.2, 0.25) is 17.7 Å². The van der Waals surface area contributed by atoms with Gasteiger partial charge < -0.3 is 38.3 Å². The highest BCUT2D eigenvalue weighted by Crippen LogP contribution is 2.04. The number of nitrogens with one attached hydrogen (secondary N) is 3. The quantitative estimate of drug-likeness (QED) is 0.0837. The highest BCUT2D eigenvalue weighted by molar-refractivity contribution is 7.80. The molecule has 0 heterocycles. The maximum atomic E-state index is 12.7. The Morgan fingerprint density at radius 3 is 1.65 bits per heavy atom. The van der Waals surface area contributed by atoms with E-state index in [1.54, 1.807) is 0 Å². The number of carbonyl (C=O) groups is 4. The summed E-state index contributed by atoms with van der Waals surface area (Å²) in [6.07, 6.45) is 3.26. The number of thiol groups is 2. The Hall–Kier alpha value is -1.54. The highest BCUT2D eigenvalue weighted by Gasteiger charge is 2.29. The van der Waals surface area contributed by atoms with Crippen LogP contribution < -0.4 is 33.2 Å². The van der Waals surface area contributed by atoms with Crippen LogP contribution in [0.4, 0.5) is 0 Å². The standard InChI is InChI=1S/C18H36N6O5S2/c19-7-3-1-5-11(21)15(25)23-13(9-30)17(27)22-12(6-2-4-8-20)16(26)24-14(10-31)18(28)29/h11-14,30-31H,1-10,19-21H2,(H,22,27)(H,23,25)(H,24,26)(H,28,29). The van der Waals surface area contributed by atoms with Crippen molar-refractivity contribution in [2.45, 2.75) is 62.7 Å². The number of carboxylic acids is 1. The summed E-state index contributed by atoms with van der Waals surface area (Å²) in [6, 6.07) is -4.01. The van der Waals surface area contributed by atoms with Crippen molar-refractivity contribution < 1.29 is 24.3 Å². The minimum atomic E-state index is -1.24. The van der Waals surface area contributed by atoms with Crippen LogP contribution in [0.25, 0.3) is 0 Å². The summed E-state index contributed by atoms with van der Waals surface area (Å²) in [7, 11) is 0. The lowest BCUT2D eigenvalue weighted by molar-refractivity contribution is -0.141. The fraction of sp³-hybridized carbons (Fsp3) is 0.778. The van der Waals surface area contributed by atoms with Crippen LogP contribution in [0.2, 0.25) is 0 Å². The van der Waals surface area contributed by atoms with Crippen molar-refractivity contribution in [1.29, 1.82) is 0 Å². The second-order valence-electron chi connectivity index (χ2n) is 7.06. The Bertz CT molecular complexity index is 584. The van der Waals surface area contributed by atoms with E-state index in [4.69, 9.17) is 22.3 Å². The molecule has 11 nitrogen and oxygen atoms in total. The van der Waals surface area contributed by atoms with E-state index < -0.39 is 47.9 Å². The summed E-state index contributed by atoms with van der Waals surface area (Å²) in [5.41, 5.74) is 16.7. The smallest absolute Gasteiger partial charge is 0.327 e. The van der Waals surface area contributed by atoms with Crippen LogP contribution in [0.3, 0.4) is 0 Å². The summed E-state index contributed by atoms with van der Waals surface area (Å²) >= 11 is 8.02. The second-order valence-corrected chi connectivity index (χ2v) is 7.79. The zero-order chi connectivity index (χ0) is 23.8. The normalized spacial score (nSPS) is 14.7. The Morgan fingerprint density at radius 1 is 0.710 bits per heavy atom. The van der Waals surface area contributed by atoms with Gasteiger partial charge in [-0.2, -0.15) is 25.3 Å². The molecule has 0 rings (SSSR count). The first-order chi connectivity index (χ1) is 14.7. The van der Waals surface area contributed by atoms with E-state index in [2.05, 4.69) is 41.2 Å². The second kappa shape index (κ2) is 17.1. The Kier molecular flexibility index (Phi) is 16.2. The number of carbonyl (C=O) groups excluding carboxylic acids is 3. The van der Waals surface area contributed by atoms with E-state index in [0.717, 1.165) is 6.42 Å². The first-order valence-corrected chi connectivity index (χ1v) is 11.5. The fourth-order valence-electron chi connectivity index (χ4n) is 2.60. The zero-order valence-corrected chi connectivity index (χ0v) is 19.4. The fourth-order valence-corrected chi connectivity index (χ4v) is 3.11. The van der Waals surface area contributed by atoms with Crippen molar-refractivity contribution in [3.8, 4) is 0 Å². The van der Waals surface area contributed by atoms with Crippen LogP contribution in [-0.2, 0) is 19.2 Å². The number of amides is 3. The number of carboxylic acid groups (broad SMARTS) is 1. The third-order valence-electron chi connectivity index (χ3n) is 4.50. The van der Waals surface area contributed by atoms with Gasteiger partial charge in [0.15, 0.2) is 0 Å².